The minimum atomic E-state index is -0.726. The number of fused-ring (bicyclic) bond motifs is 1. The van der Waals surface area contributed by atoms with Gasteiger partial charge in [-0.05, 0) is 76.3 Å². The molecule has 0 fully saturated rings. The standard InChI is InChI=1S/C28H37FN4O4/c1-6-18(11-20(34)13-25(35)31-15(2)3)9-10-30-28(37)26-16(4)24(32-17(26)5)14-22-21-12-19(29)7-8-23(21)33-27(22)36/h7-8,12,14-15,18,20,32,34H,6,9-11,13H2,1-5H3,(H,30,37)(H,31,35)(H,33,36)/b22-14-/t18-,20-/m1/s1. The van der Waals surface area contributed by atoms with Crippen molar-refractivity contribution in [2.45, 2.75) is 72.4 Å². The Hall–Kier alpha value is -3.46. The number of aromatic nitrogens is 1. The number of H-pyrrole nitrogens is 1. The van der Waals surface area contributed by atoms with Gasteiger partial charge < -0.3 is 26.0 Å². The Bertz CT molecular complexity index is 1200. The van der Waals surface area contributed by atoms with Crippen molar-refractivity contribution in [2.75, 3.05) is 11.9 Å². The number of benzene rings is 1. The number of aliphatic hydroxyl groups excluding tert-OH is 1. The molecule has 9 heteroatoms. The quantitative estimate of drug-likeness (QED) is 0.291. The van der Waals surface area contributed by atoms with Gasteiger partial charge in [0.05, 0.1) is 23.7 Å². The van der Waals surface area contributed by atoms with Crippen molar-refractivity contribution < 1.29 is 23.9 Å². The lowest BCUT2D eigenvalue weighted by molar-refractivity contribution is -0.123. The highest BCUT2D eigenvalue weighted by atomic mass is 19.1. The fourth-order valence-electron chi connectivity index (χ4n) is 4.74. The summed E-state index contributed by atoms with van der Waals surface area (Å²) in [5, 5.41) is 18.8. The molecular weight excluding hydrogens is 475 g/mol. The molecule has 1 aliphatic heterocycles. The fourth-order valence-corrected chi connectivity index (χ4v) is 4.74. The summed E-state index contributed by atoms with van der Waals surface area (Å²) in [6.45, 7) is 9.80. The second kappa shape index (κ2) is 12.2. The number of aryl methyl sites for hydroxylation is 1. The monoisotopic (exact) mass is 512 g/mol. The molecule has 0 bridgehead atoms. The molecule has 3 rings (SSSR count). The van der Waals surface area contributed by atoms with Gasteiger partial charge in [-0.2, -0.15) is 0 Å². The van der Waals surface area contributed by atoms with Gasteiger partial charge in [0, 0.05) is 35.2 Å². The molecule has 200 valence electrons. The van der Waals surface area contributed by atoms with Gasteiger partial charge in [0.2, 0.25) is 5.91 Å². The molecule has 1 aromatic heterocycles. The van der Waals surface area contributed by atoms with Crippen LogP contribution in [0.15, 0.2) is 18.2 Å². The Kier molecular flexibility index (Phi) is 9.26. The number of hydrogen-bond acceptors (Lipinski definition) is 4. The van der Waals surface area contributed by atoms with Crippen LogP contribution in [-0.4, -0.2) is 46.5 Å². The number of rotatable bonds is 11. The van der Waals surface area contributed by atoms with Crippen LogP contribution in [0.2, 0.25) is 0 Å². The summed E-state index contributed by atoms with van der Waals surface area (Å²) in [5.74, 6) is -0.995. The molecule has 0 spiro atoms. The predicted molar refractivity (Wildman–Crippen MR) is 142 cm³/mol. The van der Waals surface area contributed by atoms with Crippen molar-refractivity contribution in [3.05, 3.63) is 52.1 Å². The summed E-state index contributed by atoms with van der Waals surface area (Å²) >= 11 is 0. The highest BCUT2D eigenvalue weighted by Crippen LogP contribution is 2.34. The van der Waals surface area contributed by atoms with E-state index in [4.69, 9.17) is 0 Å². The van der Waals surface area contributed by atoms with Gasteiger partial charge >= 0.3 is 0 Å². The maximum Gasteiger partial charge on any atom is 0.256 e. The molecular formula is C28H37FN4O4. The van der Waals surface area contributed by atoms with Crippen LogP contribution in [0.4, 0.5) is 10.1 Å². The number of carbonyl (C=O) groups is 3. The van der Waals surface area contributed by atoms with Gasteiger partial charge in [-0.15, -0.1) is 0 Å². The molecule has 5 N–H and O–H groups in total. The number of aliphatic hydroxyl groups is 1. The molecule has 1 aromatic carbocycles. The number of carbonyl (C=O) groups excluding carboxylic acids is 3. The average molecular weight is 513 g/mol. The van der Waals surface area contributed by atoms with Crippen LogP contribution in [0, 0.1) is 25.6 Å². The van der Waals surface area contributed by atoms with Crippen LogP contribution in [-0.2, 0) is 9.59 Å². The van der Waals surface area contributed by atoms with Crippen molar-refractivity contribution in [3.63, 3.8) is 0 Å². The molecule has 3 amide bonds. The van der Waals surface area contributed by atoms with Gasteiger partial charge in [0.25, 0.3) is 11.8 Å². The maximum atomic E-state index is 13.8. The van der Waals surface area contributed by atoms with Crippen LogP contribution >= 0.6 is 0 Å². The van der Waals surface area contributed by atoms with E-state index in [0.29, 0.717) is 58.7 Å². The summed E-state index contributed by atoms with van der Waals surface area (Å²) in [7, 11) is 0. The maximum absolute atomic E-state index is 13.8. The SMILES string of the molecule is CC[C@H](CCNC(=O)c1c(C)[nH]c(/C=C2\C(=O)Nc3ccc(F)cc32)c1C)C[C@@H](O)CC(=O)NC(C)C. The molecule has 8 nitrogen and oxygen atoms in total. The zero-order valence-electron chi connectivity index (χ0n) is 22.1. The molecule has 0 radical (unpaired) electrons. The molecule has 2 heterocycles. The van der Waals surface area contributed by atoms with Crippen molar-refractivity contribution in [2.24, 2.45) is 5.92 Å². The Morgan fingerprint density at radius 3 is 2.62 bits per heavy atom. The Morgan fingerprint density at radius 1 is 1.22 bits per heavy atom. The van der Waals surface area contributed by atoms with E-state index in [2.05, 4.69) is 20.9 Å². The van der Waals surface area contributed by atoms with Gasteiger partial charge in [0.15, 0.2) is 0 Å². The number of hydrogen-bond donors (Lipinski definition) is 5. The third-order valence-electron chi connectivity index (χ3n) is 6.65. The zero-order chi connectivity index (χ0) is 27.3. The minimum absolute atomic E-state index is 0.0306. The second-order valence-electron chi connectivity index (χ2n) is 10.0. The molecule has 37 heavy (non-hydrogen) atoms. The third-order valence-corrected chi connectivity index (χ3v) is 6.65. The number of nitrogens with one attached hydrogen (secondary N) is 4. The van der Waals surface area contributed by atoms with Crippen LogP contribution < -0.4 is 16.0 Å². The van der Waals surface area contributed by atoms with E-state index in [0.717, 1.165) is 6.42 Å². The number of halogens is 1. The van der Waals surface area contributed by atoms with E-state index in [1.807, 2.05) is 20.8 Å². The van der Waals surface area contributed by atoms with Crippen molar-refractivity contribution in [3.8, 4) is 0 Å². The van der Waals surface area contributed by atoms with Crippen LogP contribution in [0.25, 0.3) is 11.6 Å². The number of amides is 3. The lowest BCUT2D eigenvalue weighted by Crippen LogP contribution is -2.33. The molecule has 2 atom stereocenters. The van der Waals surface area contributed by atoms with Crippen LogP contribution in [0.1, 0.15) is 79.3 Å². The normalized spacial score (nSPS) is 15.5. The van der Waals surface area contributed by atoms with Gasteiger partial charge in [-0.1, -0.05) is 13.3 Å². The minimum Gasteiger partial charge on any atom is -0.393 e. The Balaban J connectivity index is 1.62. The fraction of sp³-hybridized carbons (Fsp3) is 0.464. The highest BCUT2D eigenvalue weighted by molar-refractivity contribution is 6.34. The van der Waals surface area contributed by atoms with E-state index in [1.165, 1.54) is 18.2 Å². The molecule has 0 saturated carbocycles. The Morgan fingerprint density at radius 2 is 1.95 bits per heavy atom. The average Bonchev–Trinajstić information content (AvgIpc) is 3.26. The van der Waals surface area contributed by atoms with Gasteiger partial charge in [-0.3, -0.25) is 14.4 Å². The lowest BCUT2D eigenvalue weighted by Gasteiger charge is -2.19. The smallest absolute Gasteiger partial charge is 0.256 e. The van der Waals surface area contributed by atoms with Gasteiger partial charge in [0.1, 0.15) is 5.82 Å². The highest BCUT2D eigenvalue weighted by Gasteiger charge is 2.26. The number of aromatic amines is 1. The first-order valence-corrected chi connectivity index (χ1v) is 12.8. The summed E-state index contributed by atoms with van der Waals surface area (Å²) < 4.78 is 13.8. The lowest BCUT2D eigenvalue weighted by atomic mass is 9.93. The van der Waals surface area contributed by atoms with E-state index in [9.17, 15) is 23.9 Å². The molecule has 0 unspecified atom stereocenters. The van der Waals surface area contributed by atoms with Crippen molar-refractivity contribution in [1.29, 1.82) is 0 Å². The van der Waals surface area contributed by atoms with Crippen LogP contribution in [0.5, 0.6) is 0 Å². The van der Waals surface area contributed by atoms with Crippen molar-refractivity contribution >= 4 is 35.1 Å². The van der Waals surface area contributed by atoms with Crippen LogP contribution in [0.3, 0.4) is 0 Å². The summed E-state index contributed by atoms with van der Waals surface area (Å²) in [4.78, 5) is 40.5. The van der Waals surface area contributed by atoms with E-state index >= 15 is 0 Å². The summed E-state index contributed by atoms with van der Waals surface area (Å²) in [6.07, 6.45) is 2.97. The first kappa shape index (κ1) is 28.1. The zero-order valence-corrected chi connectivity index (χ0v) is 22.1. The molecule has 0 aliphatic carbocycles. The van der Waals surface area contributed by atoms with Gasteiger partial charge in [-0.25, -0.2) is 4.39 Å². The number of anilines is 1. The first-order chi connectivity index (χ1) is 17.5. The van der Waals surface area contributed by atoms with E-state index < -0.39 is 11.9 Å². The first-order valence-electron chi connectivity index (χ1n) is 12.8. The largest absolute Gasteiger partial charge is 0.393 e. The molecule has 2 aromatic rings. The topological polar surface area (TPSA) is 123 Å². The third kappa shape index (κ3) is 7.07. The molecule has 1 aliphatic rings. The van der Waals surface area contributed by atoms with Crippen molar-refractivity contribution in [1.82, 2.24) is 15.6 Å². The summed E-state index contributed by atoms with van der Waals surface area (Å²) in [5.41, 5.74) is 3.83. The van der Waals surface area contributed by atoms with E-state index in [1.54, 1.807) is 19.9 Å². The predicted octanol–water partition coefficient (Wildman–Crippen LogP) is 4.08. The molecule has 0 saturated heterocycles. The summed E-state index contributed by atoms with van der Waals surface area (Å²) in [6, 6.07) is 4.17. The Labute approximate surface area is 217 Å². The van der Waals surface area contributed by atoms with E-state index in [-0.39, 0.29) is 36.1 Å². The second-order valence-corrected chi connectivity index (χ2v) is 10.0.